The summed E-state index contributed by atoms with van der Waals surface area (Å²) in [6.45, 7) is 0. The summed E-state index contributed by atoms with van der Waals surface area (Å²) in [6, 6.07) is 2.69. The molecule has 2 aliphatic rings. The average molecular weight is 484 g/mol. The van der Waals surface area contributed by atoms with Gasteiger partial charge in [0.25, 0.3) is 11.8 Å². The summed E-state index contributed by atoms with van der Waals surface area (Å²) in [4.78, 5) is 38.7. The van der Waals surface area contributed by atoms with Gasteiger partial charge >= 0.3 is 6.03 Å². The van der Waals surface area contributed by atoms with Crippen LogP contribution in [-0.2, 0) is 9.59 Å². The Labute approximate surface area is 171 Å². The molecule has 1 aliphatic heterocycles. The number of nitrogens with one attached hydrogen (secondary N) is 1. The number of benzene rings is 1. The lowest BCUT2D eigenvalue weighted by atomic mass is 9.93. The molecule has 2 fully saturated rings. The van der Waals surface area contributed by atoms with Crippen molar-refractivity contribution < 1.29 is 23.9 Å². The van der Waals surface area contributed by atoms with Gasteiger partial charge in [0.1, 0.15) is 5.57 Å². The molecule has 7 nitrogen and oxygen atoms in total. The van der Waals surface area contributed by atoms with Crippen LogP contribution in [-0.4, -0.2) is 43.0 Å². The summed E-state index contributed by atoms with van der Waals surface area (Å²) < 4.78 is 11.4. The lowest BCUT2D eigenvalue weighted by Crippen LogP contribution is -2.58. The molecule has 0 spiro atoms. The number of barbiturate groups is 1. The maximum atomic E-state index is 12.9. The summed E-state index contributed by atoms with van der Waals surface area (Å²) in [5.41, 5.74) is 0.566. The predicted octanol–water partition coefficient (Wildman–Crippen LogP) is 3.10. The van der Waals surface area contributed by atoms with Gasteiger partial charge in [-0.1, -0.05) is 19.3 Å². The van der Waals surface area contributed by atoms with E-state index in [1.165, 1.54) is 18.1 Å². The second kappa shape index (κ2) is 8.28. The van der Waals surface area contributed by atoms with Crippen molar-refractivity contribution in [2.24, 2.45) is 0 Å². The Morgan fingerprint density at radius 1 is 1.11 bits per heavy atom. The zero-order chi connectivity index (χ0) is 19.6. The Morgan fingerprint density at radius 2 is 1.81 bits per heavy atom. The van der Waals surface area contributed by atoms with Crippen LogP contribution in [0.4, 0.5) is 4.79 Å². The molecule has 27 heavy (non-hydrogen) atoms. The predicted molar refractivity (Wildman–Crippen MR) is 107 cm³/mol. The normalized spacial score (nSPS) is 20.0. The van der Waals surface area contributed by atoms with Crippen LogP contribution in [0.25, 0.3) is 6.08 Å². The molecule has 1 aliphatic carbocycles. The van der Waals surface area contributed by atoms with Gasteiger partial charge in [-0.2, -0.15) is 0 Å². The monoisotopic (exact) mass is 484 g/mol. The van der Waals surface area contributed by atoms with Crippen molar-refractivity contribution in [1.29, 1.82) is 0 Å². The van der Waals surface area contributed by atoms with E-state index in [2.05, 4.69) is 27.9 Å². The lowest BCUT2D eigenvalue weighted by Gasteiger charge is -2.35. The molecule has 8 heteroatoms. The first-order valence-corrected chi connectivity index (χ1v) is 9.86. The molecule has 1 N–H and O–H groups in total. The number of methoxy groups -OCH3 is 2. The Morgan fingerprint density at radius 3 is 2.44 bits per heavy atom. The SMILES string of the molecule is COc1cc(C=C2C(=O)NC(=O)N(C3CCCCC3)C2=O)cc(I)c1OC. The van der Waals surface area contributed by atoms with E-state index in [1.54, 1.807) is 19.2 Å². The Bertz CT molecular complexity index is 815. The Balaban J connectivity index is 1.96. The van der Waals surface area contributed by atoms with Crippen molar-refractivity contribution in [3.05, 3.63) is 26.8 Å². The fourth-order valence-electron chi connectivity index (χ4n) is 3.53. The molecular formula is C19H21IN2O5. The first-order chi connectivity index (χ1) is 13.0. The molecule has 0 aromatic heterocycles. The van der Waals surface area contributed by atoms with Gasteiger partial charge < -0.3 is 9.47 Å². The third kappa shape index (κ3) is 3.95. The van der Waals surface area contributed by atoms with Crippen LogP contribution in [0.1, 0.15) is 37.7 Å². The number of urea groups is 1. The molecule has 1 heterocycles. The van der Waals surface area contributed by atoms with E-state index in [9.17, 15) is 14.4 Å². The van der Waals surface area contributed by atoms with E-state index < -0.39 is 17.8 Å². The molecule has 1 saturated heterocycles. The molecule has 144 valence electrons. The minimum absolute atomic E-state index is 0.0526. The number of carbonyl (C=O) groups excluding carboxylic acids is 3. The number of ether oxygens (including phenoxy) is 2. The zero-order valence-corrected chi connectivity index (χ0v) is 17.4. The summed E-state index contributed by atoms with van der Waals surface area (Å²) in [6.07, 6.45) is 6.09. The lowest BCUT2D eigenvalue weighted by molar-refractivity contribution is -0.132. The number of amides is 4. The maximum Gasteiger partial charge on any atom is 0.331 e. The highest BCUT2D eigenvalue weighted by Crippen LogP contribution is 2.34. The molecule has 0 bridgehead atoms. The van der Waals surface area contributed by atoms with Gasteiger partial charge in [-0.15, -0.1) is 0 Å². The Kier molecular flexibility index (Phi) is 6.03. The van der Waals surface area contributed by atoms with Crippen LogP contribution in [0.3, 0.4) is 0 Å². The molecule has 0 atom stereocenters. The molecule has 0 radical (unpaired) electrons. The fraction of sp³-hybridized carbons (Fsp3) is 0.421. The molecular weight excluding hydrogens is 463 g/mol. The number of hydrogen-bond donors (Lipinski definition) is 1. The number of imide groups is 2. The topological polar surface area (TPSA) is 84.9 Å². The number of carbonyl (C=O) groups is 3. The molecule has 0 unspecified atom stereocenters. The number of rotatable bonds is 4. The highest BCUT2D eigenvalue weighted by molar-refractivity contribution is 14.1. The first kappa shape index (κ1) is 19.7. The number of halogens is 1. The fourth-order valence-corrected chi connectivity index (χ4v) is 4.38. The van der Waals surface area contributed by atoms with Crippen molar-refractivity contribution in [3.8, 4) is 11.5 Å². The van der Waals surface area contributed by atoms with E-state index in [-0.39, 0.29) is 11.6 Å². The third-order valence-corrected chi connectivity index (χ3v) is 5.64. The van der Waals surface area contributed by atoms with Gasteiger partial charge in [0.2, 0.25) is 0 Å². The summed E-state index contributed by atoms with van der Waals surface area (Å²) in [5.74, 6) is -0.138. The van der Waals surface area contributed by atoms with Crippen molar-refractivity contribution in [3.63, 3.8) is 0 Å². The van der Waals surface area contributed by atoms with Crippen LogP contribution in [0, 0.1) is 3.57 Å². The van der Waals surface area contributed by atoms with Gasteiger partial charge in [0, 0.05) is 6.04 Å². The van der Waals surface area contributed by atoms with Crippen LogP contribution >= 0.6 is 22.6 Å². The van der Waals surface area contributed by atoms with Crippen LogP contribution < -0.4 is 14.8 Å². The zero-order valence-electron chi connectivity index (χ0n) is 15.2. The standard InChI is InChI=1S/C19H21IN2O5/c1-26-15-10-11(9-14(20)16(15)27-2)8-13-17(23)21-19(25)22(18(13)24)12-6-4-3-5-7-12/h8-10,12H,3-7H2,1-2H3,(H,21,23,25). The summed E-state index contributed by atoms with van der Waals surface area (Å²) in [7, 11) is 3.07. The van der Waals surface area contributed by atoms with Crippen LogP contribution in [0.2, 0.25) is 0 Å². The molecule has 4 amide bonds. The van der Waals surface area contributed by atoms with E-state index >= 15 is 0 Å². The number of hydrogen-bond acceptors (Lipinski definition) is 5. The van der Waals surface area contributed by atoms with Gasteiger partial charge in [-0.05, 0) is 59.2 Å². The third-order valence-electron chi connectivity index (χ3n) is 4.84. The van der Waals surface area contributed by atoms with Gasteiger partial charge in [0.15, 0.2) is 11.5 Å². The average Bonchev–Trinajstić information content (AvgIpc) is 2.65. The minimum Gasteiger partial charge on any atom is -0.493 e. The van der Waals surface area contributed by atoms with Gasteiger partial charge in [-0.3, -0.25) is 19.8 Å². The van der Waals surface area contributed by atoms with Crippen molar-refractivity contribution in [2.45, 2.75) is 38.1 Å². The minimum atomic E-state index is -0.679. The van der Waals surface area contributed by atoms with E-state index in [1.807, 2.05) is 0 Å². The quantitative estimate of drug-likeness (QED) is 0.404. The maximum absolute atomic E-state index is 12.9. The molecule has 1 aromatic carbocycles. The molecule has 1 aromatic rings. The second-order valence-corrected chi connectivity index (χ2v) is 7.68. The van der Waals surface area contributed by atoms with Crippen molar-refractivity contribution in [2.75, 3.05) is 14.2 Å². The van der Waals surface area contributed by atoms with Gasteiger partial charge in [0.05, 0.1) is 17.8 Å². The van der Waals surface area contributed by atoms with Crippen molar-refractivity contribution in [1.82, 2.24) is 10.2 Å². The molecule has 1 saturated carbocycles. The highest BCUT2D eigenvalue weighted by Gasteiger charge is 2.40. The number of nitrogens with zero attached hydrogens (tertiary/aromatic N) is 1. The highest BCUT2D eigenvalue weighted by atomic mass is 127. The summed E-state index contributed by atoms with van der Waals surface area (Å²) in [5, 5.41) is 2.29. The van der Waals surface area contributed by atoms with Gasteiger partial charge in [-0.25, -0.2) is 4.79 Å². The first-order valence-electron chi connectivity index (χ1n) is 8.78. The summed E-state index contributed by atoms with van der Waals surface area (Å²) >= 11 is 2.10. The van der Waals surface area contributed by atoms with E-state index in [0.29, 0.717) is 17.1 Å². The van der Waals surface area contributed by atoms with E-state index in [0.717, 1.165) is 35.7 Å². The van der Waals surface area contributed by atoms with Crippen LogP contribution in [0.5, 0.6) is 11.5 Å². The molecule has 3 rings (SSSR count). The Hall–Kier alpha value is -2.10. The van der Waals surface area contributed by atoms with Crippen LogP contribution in [0.15, 0.2) is 17.7 Å². The smallest absolute Gasteiger partial charge is 0.331 e. The van der Waals surface area contributed by atoms with E-state index in [4.69, 9.17) is 9.47 Å². The largest absolute Gasteiger partial charge is 0.493 e. The van der Waals surface area contributed by atoms with Crippen molar-refractivity contribution >= 4 is 46.5 Å². The second-order valence-electron chi connectivity index (χ2n) is 6.52.